The zero-order valence-electron chi connectivity index (χ0n) is 37.2. The van der Waals surface area contributed by atoms with Crippen LogP contribution in [0.2, 0.25) is 0 Å². The van der Waals surface area contributed by atoms with Crippen molar-refractivity contribution in [2.45, 2.75) is 78.2 Å². The van der Waals surface area contributed by atoms with Gasteiger partial charge in [-0.2, -0.15) is 5.10 Å². The Morgan fingerprint density at radius 2 is 1.78 bits per heavy atom. The number of carbonyl (C=O) groups excluding carboxylic acids is 5. The maximum absolute atomic E-state index is 14.1. The van der Waals surface area contributed by atoms with Gasteiger partial charge in [-0.3, -0.25) is 33.6 Å². The van der Waals surface area contributed by atoms with Crippen LogP contribution in [0.1, 0.15) is 67.5 Å². The molecule has 17 nitrogen and oxygen atoms in total. The molecule has 0 spiro atoms. The van der Waals surface area contributed by atoms with Crippen LogP contribution in [0.15, 0.2) is 72.4 Å². The van der Waals surface area contributed by atoms with Gasteiger partial charge in [0.25, 0.3) is 5.91 Å². The first-order valence-corrected chi connectivity index (χ1v) is 22.7. The van der Waals surface area contributed by atoms with Gasteiger partial charge >= 0.3 is 0 Å². The first-order valence-electron chi connectivity index (χ1n) is 21.8. The Balaban J connectivity index is 0.786. The van der Waals surface area contributed by atoms with E-state index in [1.165, 1.54) is 4.90 Å². The number of H-pyrrole nitrogens is 1. The predicted molar refractivity (Wildman–Crippen MR) is 247 cm³/mol. The highest BCUT2D eigenvalue weighted by Gasteiger charge is 2.44. The maximum atomic E-state index is 14.1. The Morgan fingerprint density at radius 1 is 0.985 bits per heavy atom. The van der Waals surface area contributed by atoms with Crippen LogP contribution in [0.5, 0.6) is 0 Å². The van der Waals surface area contributed by atoms with Crippen molar-refractivity contribution in [3.63, 3.8) is 0 Å². The molecule has 0 aliphatic carbocycles. The first kappa shape index (κ1) is 45.1. The lowest BCUT2D eigenvalue weighted by atomic mass is 9.85. The third-order valence-corrected chi connectivity index (χ3v) is 13.1. The largest absolute Gasteiger partial charge is 0.391 e. The Hall–Kier alpha value is -6.50. The third-order valence-electron chi connectivity index (χ3n) is 12.2. The Bertz CT molecular complexity index is 2740. The van der Waals surface area contributed by atoms with Crippen molar-refractivity contribution >= 4 is 68.5 Å². The number of rotatable bonds is 14. The molecule has 0 saturated carbocycles. The number of aromatic amines is 1. The number of β-amino-alcohol motifs (C(OH)–C–C–N with tert-alkyl or cyclic N) is 1. The number of fused-ring (bicyclic) bond motifs is 2. The van der Waals surface area contributed by atoms with Gasteiger partial charge in [0.15, 0.2) is 0 Å². The summed E-state index contributed by atoms with van der Waals surface area (Å²) in [4.78, 5) is 84.0. The summed E-state index contributed by atoms with van der Waals surface area (Å²) < 4.78 is 1.76. The number of aryl methyl sites for hydroxylation is 2. The summed E-state index contributed by atoms with van der Waals surface area (Å²) >= 11 is 1.57. The number of nitrogens with one attached hydrogen (secondary N) is 5. The predicted octanol–water partition coefficient (Wildman–Crippen LogP) is 4.27. The Labute approximate surface area is 380 Å². The third kappa shape index (κ3) is 10.6. The molecule has 2 aliphatic heterocycles. The van der Waals surface area contributed by atoms with E-state index in [9.17, 15) is 29.1 Å². The number of thiazole rings is 1. The normalized spacial score (nSPS) is 18.2. The van der Waals surface area contributed by atoms with Gasteiger partial charge in [-0.15, -0.1) is 11.3 Å². The number of aliphatic hydroxyl groups is 1. The summed E-state index contributed by atoms with van der Waals surface area (Å²) in [5.41, 5.74) is 7.63. The fourth-order valence-electron chi connectivity index (χ4n) is 8.66. The molecule has 2 saturated heterocycles. The molecule has 1 unspecified atom stereocenters. The number of nitrogens with zero attached hydrogens (tertiary/aromatic N) is 6. The fraction of sp³-hybridized carbons (Fsp3) is 0.404. The van der Waals surface area contributed by atoms with Crippen molar-refractivity contribution in [1.82, 2.24) is 50.5 Å². The van der Waals surface area contributed by atoms with E-state index < -0.39 is 35.4 Å². The van der Waals surface area contributed by atoms with E-state index in [1.807, 2.05) is 94.9 Å². The van der Waals surface area contributed by atoms with Gasteiger partial charge < -0.3 is 36.3 Å². The molecule has 5 amide bonds. The van der Waals surface area contributed by atoms with Gasteiger partial charge in [0, 0.05) is 56.2 Å². The molecular formula is C47H55N11O6S. The second kappa shape index (κ2) is 18.9. The highest BCUT2D eigenvalue weighted by Crippen LogP contribution is 2.29. The quantitative estimate of drug-likeness (QED) is 0.0912. The van der Waals surface area contributed by atoms with Gasteiger partial charge in [0.2, 0.25) is 23.6 Å². The molecule has 65 heavy (non-hydrogen) atoms. The minimum atomic E-state index is -1.02. The fourth-order valence-corrected chi connectivity index (χ4v) is 9.48. The number of aromatic nitrogens is 5. The molecule has 4 atom stereocenters. The Morgan fingerprint density at radius 3 is 2.54 bits per heavy atom. The van der Waals surface area contributed by atoms with E-state index in [-0.39, 0.29) is 56.1 Å². The van der Waals surface area contributed by atoms with E-state index >= 15 is 0 Å². The maximum Gasteiger partial charge on any atom is 0.255 e. The summed E-state index contributed by atoms with van der Waals surface area (Å²) in [6.07, 6.45) is 1.95. The van der Waals surface area contributed by atoms with Crippen LogP contribution in [0, 0.1) is 18.3 Å². The van der Waals surface area contributed by atoms with Crippen LogP contribution in [0.3, 0.4) is 0 Å². The lowest BCUT2D eigenvalue weighted by molar-refractivity contribution is -0.144. The van der Waals surface area contributed by atoms with Gasteiger partial charge in [-0.05, 0) is 78.7 Å². The molecule has 340 valence electrons. The number of imidazole rings is 1. The monoisotopic (exact) mass is 901 g/mol. The molecule has 2 fully saturated rings. The van der Waals surface area contributed by atoms with E-state index in [1.54, 1.807) is 28.3 Å². The number of aliphatic hydroxyl groups excluding tert-OH is 1. The van der Waals surface area contributed by atoms with Crippen LogP contribution in [0.25, 0.3) is 32.4 Å². The van der Waals surface area contributed by atoms with E-state index in [0.29, 0.717) is 24.3 Å². The molecule has 5 heterocycles. The van der Waals surface area contributed by atoms with Gasteiger partial charge in [-0.25, -0.2) is 9.97 Å². The van der Waals surface area contributed by atoms with Crippen LogP contribution in [-0.2, 0) is 39.3 Å². The summed E-state index contributed by atoms with van der Waals surface area (Å²) in [5.74, 6) is -1.03. The second-order valence-electron chi connectivity index (χ2n) is 18.2. The lowest BCUT2D eigenvalue weighted by Gasteiger charge is -2.35. The van der Waals surface area contributed by atoms with Crippen molar-refractivity contribution in [1.29, 1.82) is 0 Å². The average Bonchev–Trinajstić information content (AvgIpc) is 4.13. The second-order valence-corrected chi connectivity index (χ2v) is 19.1. The van der Waals surface area contributed by atoms with E-state index in [0.717, 1.165) is 62.4 Å². The molecule has 0 bridgehead atoms. The number of likely N-dealkylation sites (tertiary alicyclic amines) is 2. The van der Waals surface area contributed by atoms with Crippen LogP contribution in [0.4, 0.5) is 5.69 Å². The topological polar surface area (TPSA) is 220 Å². The number of amides is 5. The lowest BCUT2D eigenvalue weighted by Crippen LogP contribution is -2.58. The number of benzene rings is 3. The van der Waals surface area contributed by atoms with Crippen molar-refractivity contribution < 1.29 is 29.1 Å². The highest BCUT2D eigenvalue weighted by atomic mass is 32.1. The van der Waals surface area contributed by atoms with Gasteiger partial charge in [0.05, 0.1) is 58.0 Å². The smallest absolute Gasteiger partial charge is 0.255 e. The molecule has 6 N–H and O–H groups in total. The SMILES string of the molecule is Cc1ncsc1-c1ccc(CNC(=O)[C@@H]2C[C@@H](O)CN2C(=O)[C@@H](NC(=O)CNC(=O)CC2CCN(Cc3nc4ccc(NC(=O)c5ccc6c(cnn6C)c5)cc4[nH]3)C2)C(C)(C)C)cc1. The molecular weight excluding hydrogens is 847 g/mol. The van der Waals surface area contributed by atoms with Crippen LogP contribution in [-0.4, -0.2) is 114 Å². The summed E-state index contributed by atoms with van der Waals surface area (Å²) in [5, 5.41) is 27.1. The standard InChI is InChI=1S/C47H55N11O6S/c1-27-42(65-26-50-27)30-8-6-28(7-9-30)20-49-45(63)38-19-34(59)24-58(38)46(64)43(47(2,3)4)55-41(61)22-48-40(60)16-29-14-15-57(23-29)25-39-53-35-12-11-33(18-36(35)54-39)52-44(62)31-10-13-37-32(17-31)21-51-56(37)5/h6-13,17-18,21,26,29,34,38,43,59H,14-16,19-20,22-25H2,1-5H3,(H,48,60)(H,49,63)(H,52,62)(H,53,54)(H,55,61)/t29?,34-,38+,43-/m1/s1. The molecule has 3 aromatic carbocycles. The zero-order chi connectivity index (χ0) is 46.0. The molecule has 18 heteroatoms. The van der Waals surface area contributed by atoms with Crippen molar-refractivity contribution in [3.8, 4) is 10.4 Å². The van der Waals surface area contributed by atoms with Crippen molar-refractivity contribution in [2.24, 2.45) is 18.4 Å². The van der Waals surface area contributed by atoms with E-state index in [4.69, 9.17) is 4.98 Å². The van der Waals surface area contributed by atoms with Gasteiger partial charge in [0.1, 0.15) is 17.9 Å². The molecule has 3 aromatic heterocycles. The van der Waals surface area contributed by atoms with Gasteiger partial charge in [-0.1, -0.05) is 45.0 Å². The first-order chi connectivity index (χ1) is 31.1. The molecule has 6 aromatic rings. The summed E-state index contributed by atoms with van der Waals surface area (Å²) in [7, 11) is 1.86. The highest BCUT2D eigenvalue weighted by molar-refractivity contribution is 7.13. The summed E-state index contributed by atoms with van der Waals surface area (Å²) in [6.45, 7) is 9.30. The summed E-state index contributed by atoms with van der Waals surface area (Å²) in [6, 6.07) is 16.9. The number of hydrogen-bond donors (Lipinski definition) is 6. The van der Waals surface area contributed by atoms with Crippen molar-refractivity contribution in [3.05, 3.63) is 95.0 Å². The minimum Gasteiger partial charge on any atom is -0.391 e. The number of anilines is 1. The molecule has 8 rings (SSSR count). The van der Waals surface area contributed by atoms with Crippen LogP contribution >= 0.6 is 11.3 Å². The average molecular weight is 902 g/mol. The van der Waals surface area contributed by atoms with Crippen LogP contribution < -0.4 is 21.3 Å². The number of hydrogen-bond acceptors (Lipinski definition) is 11. The zero-order valence-corrected chi connectivity index (χ0v) is 38.0. The van der Waals surface area contributed by atoms with Crippen molar-refractivity contribution in [2.75, 3.05) is 31.5 Å². The van der Waals surface area contributed by atoms with E-state index in [2.05, 4.69) is 41.2 Å². The minimum absolute atomic E-state index is 0.0415. The molecule has 2 aliphatic rings. The number of carbonyl (C=O) groups is 5. The Kier molecular flexibility index (Phi) is 13.1. The molecule has 0 radical (unpaired) electrons.